The maximum Gasteiger partial charge on any atom is 0.313 e. The summed E-state index contributed by atoms with van der Waals surface area (Å²) in [5.41, 5.74) is 1.72. The second kappa shape index (κ2) is 6.22. The monoisotopic (exact) mass is 294 g/mol. The van der Waals surface area contributed by atoms with Gasteiger partial charge in [0.2, 0.25) is 0 Å². The average molecular weight is 294 g/mol. The molecule has 108 valence electrons. The molecule has 0 saturated carbocycles. The Morgan fingerprint density at radius 2 is 2.10 bits per heavy atom. The Hall–Kier alpha value is -1.62. The lowest BCUT2D eigenvalue weighted by Gasteiger charge is -2.02. The van der Waals surface area contributed by atoms with Gasteiger partial charge in [-0.15, -0.1) is 0 Å². The first-order valence-electron chi connectivity index (χ1n) is 6.62. The number of furan rings is 1. The smallest absolute Gasteiger partial charge is 0.313 e. The van der Waals surface area contributed by atoms with Gasteiger partial charge in [0.05, 0.1) is 22.3 Å². The molecule has 4 nitrogen and oxygen atoms in total. The van der Waals surface area contributed by atoms with Crippen molar-refractivity contribution in [3.8, 4) is 0 Å². The molecule has 5 heteroatoms. The molecule has 0 aliphatic heterocycles. The number of fused-ring (bicyclic) bond motifs is 1. The molecule has 0 spiro atoms. The lowest BCUT2D eigenvalue weighted by atomic mass is 10.2. The number of carbonyl (C=O) groups excluding carboxylic acids is 1. The zero-order valence-corrected chi connectivity index (χ0v) is 12.7. The van der Waals surface area contributed by atoms with Crippen LogP contribution in [0.4, 0.5) is 0 Å². The van der Waals surface area contributed by atoms with Crippen molar-refractivity contribution in [2.75, 3.05) is 12.4 Å². The predicted octanol–water partition coefficient (Wildman–Crippen LogP) is 2.97. The van der Waals surface area contributed by atoms with Gasteiger partial charge in [-0.3, -0.25) is 9.00 Å². The molecule has 0 N–H and O–H groups in total. The molecule has 0 bridgehead atoms. The first kappa shape index (κ1) is 14.8. The third-order valence-electron chi connectivity index (χ3n) is 2.97. The summed E-state index contributed by atoms with van der Waals surface area (Å²) in [6.45, 7) is 5.89. The third kappa shape index (κ3) is 2.93. The maximum absolute atomic E-state index is 12.3. The highest BCUT2D eigenvalue weighted by atomic mass is 32.2. The van der Waals surface area contributed by atoms with Crippen molar-refractivity contribution in [1.29, 1.82) is 0 Å². The normalized spacial score (nSPS) is 12.6. The molecule has 0 aliphatic rings. The van der Waals surface area contributed by atoms with E-state index in [9.17, 15) is 9.00 Å². The van der Waals surface area contributed by atoms with Crippen LogP contribution in [0.25, 0.3) is 11.0 Å². The van der Waals surface area contributed by atoms with E-state index in [2.05, 4.69) is 0 Å². The number of carbonyl (C=O) groups is 1. The lowest BCUT2D eigenvalue weighted by molar-refractivity contribution is -0.142. The Labute approximate surface area is 120 Å². The summed E-state index contributed by atoms with van der Waals surface area (Å²) in [5.74, 6) is 0.570. The van der Waals surface area contributed by atoms with Crippen LogP contribution in [0, 0.1) is 6.92 Å². The van der Waals surface area contributed by atoms with E-state index >= 15 is 0 Å². The fourth-order valence-electron chi connectivity index (χ4n) is 2.09. The van der Waals surface area contributed by atoms with Gasteiger partial charge in [-0.05, 0) is 26.0 Å². The van der Waals surface area contributed by atoms with Gasteiger partial charge in [-0.2, -0.15) is 0 Å². The van der Waals surface area contributed by atoms with Crippen LogP contribution in [-0.4, -0.2) is 22.5 Å². The number of aryl methyl sites for hydroxylation is 1. The minimum Gasteiger partial charge on any atom is -0.466 e. The van der Waals surface area contributed by atoms with Crippen LogP contribution >= 0.6 is 0 Å². The molecule has 1 aromatic heterocycles. The topological polar surface area (TPSA) is 56.5 Å². The van der Waals surface area contributed by atoms with Gasteiger partial charge in [0.1, 0.15) is 17.8 Å². The van der Waals surface area contributed by atoms with Crippen molar-refractivity contribution in [3.63, 3.8) is 0 Å². The summed E-state index contributed by atoms with van der Waals surface area (Å²) in [6.07, 6.45) is 0.0165. The van der Waals surface area contributed by atoms with Gasteiger partial charge in [0.15, 0.2) is 0 Å². The summed E-state index contributed by atoms with van der Waals surface area (Å²) >= 11 is 0. The predicted molar refractivity (Wildman–Crippen MR) is 78.2 cm³/mol. The van der Waals surface area contributed by atoms with Crippen LogP contribution in [0.1, 0.15) is 25.2 Å². The first-order valence-corrected chi connectivity index (χ1v) is 7.94. The fourth-order valence-corrected chi connectivity index (χ4v) is 3.15. The number of hydrogen-bond donors (Lipinski definition) is 0. The summed E-state index contributed by atoms with van der Waals surface area (Å²) in [7, 11) is -1.18. The number of ether oxygens (including phenoxy) is 1. The van der Waals surface area contributed by atoms with E-state index in [1.807, 2.05) is 32.0 Å². The molecular formula is C15H18O4S. The maximum atomic E-state index is 12.3. The van der Waals surface area contributed by atoms with Crippen molar-refractivity contribution in [2.45, 2.75) is 32.1 Å². The number of rotatable bonds is 5. The minimum absolute atomic E-state index is 0.0165. The van der Waals surface area contributed by atoms with Crippen LogP contribution in [0.5, 0.6) is 0 Å². The van der Waals surface area contributed by atoms with E-state index in [0.29, 0.717) is 28.6 Å². The number of hydrogen-bond acceptors (Lipinski definition) is 4. The zero-order valence-electron chi connectivity index (χ0n) is 11.9. The van der Waals surface area contributed by atoms with Gasteiger partial charge in [-0.1, -0.05) is 18.6 Å². The van der Waals surface area contributed by atoms with E-state index in [4.69, 9.17) is 9.15 Å². The highest BCUT2D eigenvalue weighted by molar-refractivity contribution is 7.85. The van der Waals surface area contributed by atoms with Crippen LogP contribution in [0.3, 0.4) is 0 Å². The Balaban J connectivity index is 2.52. The lowest BCUT2D eigenvalue weighted by Crippen LogP contribution is -2.09. The molecule has 0 fully saturated rings. The molecule has 20 heavy (non-hydrogen) atoms. The molecule has 2 rings (SSSR count). The summed E-state index contributed by atoms with van der Waals surface area (Å²) in [6, 6.07) is 5.71. The fraction of sp³-hybridized carbons (Fsp3) is 0.400. The molecule has 1 atom stereocenters. The van der Waals surface area contributed by atoms with Gasteiger partial charge in [0, 0.05) is 11.1 Å². The average Bonchev–Trinajstić information content (AvgIpc) is 2.75. The standard InChI is InChI=1S/C15H18O4S/c1-4-18-14(16)9-13-15(20(17)5-2)11-8-10(3)6-7-12(11)19-13/h6-8H,4-5,9H2,1-3H3. The molecular weight excluding hydrogens is 276 g/mol. The molecule has 1 heterocycles. The van der Waals surface area contributed by atoms with Crippen molar-refractivity contribution in [2.24, 2.45) is 0 Å². The Bertz CT molecular complexity index is 657. The highest BCUT2D eigenvalue weighted by Gasteiger charge is 2.21. The van der Waals surface area contributed by atoms with Gasteiger partial charge in [-0.25, -0.2) is 0 Å². The Morgan fingerprint density at radius 3 is 2.75 bits per heavy atom. The third-order valence-corrected chi connectivity index (χ3v) is 4.39. The number of benzene rings is 1. The quantitative estimate of drug-likeness (QED) is 0.796. The first-order chi connectivity index (χ1) is 9.56. The largest absolute Gasteiger partial charge is 0.466 e. The Kier molecular flexibility index (Phi) is 4.60. The SMILES string of the molecule is CCOC(=O)Cc1oc2ccc(C)cc2c1S(=O)CC. The van der Waals surface area contributed by atoms with E-state index in [1.54, 1.807) is 6.92 Å². The van der Waals surface area contributed by atoms with E-state index in [1.165, 1.54) is 0 Å². The van der Waals surface area contributed by atoms with E-state index < -0.39 is 10.8 Å². The zero-order chi connectivity index (χ0) is 14.7. The molecule has 0 amide bonds. The molecule has 1 aromatic carbocycles. The van der Waals surface area contributed by atoms with Crippen molar-refractivity contribution in [3.05, 3.63) is 29.5 Å². The van der Waals surface area contributed by atoms with Crippen molar-refractivity contribution < 1.29 is 18.2 Å². The second-order valence-electron chi connectivity index (χ2n) is 4.47. The minimum atomic E-state index is -1.18. The van der Waals surface area contributed by atoms with Crippen LogP contribution in [0.2, 0.25) is 0 Å². The summed E-state index contributed by atoms with van der Waals surface area (Å²) in [4.78, 5) is 12.3. The summed E-state index contributed by atoms with van der Waals surface area (Å²) < 4.78 is 22.9. The van der Waals surface area contributed by atoms with E-state index in [-0.39, 0.29) is 12.4 Å². The molecule has 0 radical (unpaired) electrons. The molecule has 1 unspecified atom stereocenters. The molecule has 2 aromatic rings. The molecule has 0 saturated heterocycles. The van der Waals surface area contributed by atoms with Gasteiger partial charge in [0.25, 0.3) is 0 Å². The van der Waals surface area contributed by atoms with Crippen molar-refractivity contribution in [1.82, 2.24) is 0 Å². The Morgan fingerprint density at radius 1 is 1.35 bits per heavy atom. The summed E-state index contributed by atoms with van der Waals surface area (Å²) in [5, 5.41) is 0.824. The van der Waals surface area contributed by atoms with Crippen LogP contribution < -0.4 is 0 Å². The van der Waals surface area contributed by atoms with Crippen LogP contribution in [-0.2, 0) is 26.8 Å². The van der Waals surface area contributed by atoms with Crippen LogP contribution in [0.15, 0.2) is 27.5 Å². The second-order valence-corrected chi connectivity index (χ2v) is 6.15. The van der Waals surface area contributed by atoms with Crippen molar-refractivity contribution >= 4 is 27.7 Å². The molecule has 0 aliphatic carbocycles. The van der Waals surface area contributed by atoms with Gasteiger partial charge >= 0.3 is 5.97 Å². The number of esters is 1. The highest BCUT2D eigenvalue weighted by Crippen LogP contribution is 2.30. The van der Waals surface area contributed by atoms with Gasteiger partial charge < -0.3 is 9.15 Å². The van der Waals surface area contributed by atoms with E-state index in [0.717, 1.165) is 10.9 Å².